The molecule has 0 aliphatic carbocycles. The predicted octanol–water partition coefficient (Wildman–Crippen LogP) is 2.22. The molecule has 1 amide bonds. The van der Waals surface area contributed by atoms with Crippen LogP contribution in [0.3, 0.4) is 0 Å². The van der Waals surface area contributed by atoms with E-state index >= 15 is 0 Å². The Morgan fingerprint density at radius 2 is 2.18 bits per heavy atom. The average molecular weight is 230 g/mol. The quantitative estimate of drug-likeness (QED) is 0.822. The molecule has 1 heterocycles. The lowest BCUT2D eigenvalue weighted by Crippen LogP contribution is -2.24. The van der Waals surface area contributed by atoms with Gasteiger partial charge in [0.15, 0.2) is 0 Å². The van der Waals surface area contributed by atoms with Gasteiger partial charge in [-0.25, -0.2) is 5.48 Å². The monoisotopic (exact) mass is 230 g/mol. The number of amides is 1. The molecule has 0 bridgehead atoms. The van der Waals surface area contributed by atoms with E-state index in [1.54, 1.807) is 6.07 Å². The molecule has 0 aliphatic rings. The Bertz CT molecular complexity index is 552. The van der Waals surface area contributed by atoms with Gasteiger partial charge >= 0.3 is 0 Å². The van der Waals surface area contributed by atoms with Gasteiger partial charge in [-0.1, -0.05) is 18.2 Å². The Labute approximate surface area is 99.6 Å². The third kappa shape index (κ3) is 2.42. The number of aryl methyl sites for hydroxylation is 1. The van der Waals surface area contributed by atoms with E-state index in [9.17, 15) is 4.79 Å². The first-order chi connectivity index (χ1) is 8.22. The molecule has 1 aromatic heterocycles. The molecule has 4 nitrogen and oxygen atoms in total. The van der Waals surface area contributed by atoms with Crippen LogP contribution in [0.15, 0.2) is 30.3 Å². The van der Waals surface area contributed by atoms with Crippen molar-refractivity contribution in [2.45, 2.75) is 13.8 Å². The lowest BCUT2D eigenvalue weighted by atomic mass is 10.1. The summed E-state index contributed by atoms with van der Waals surface area (Å²) in [6.07, 6.45) is 0. The van der Waals surface area contributed by atoms with Crippen molar-refractivity contribution in [1.29, 1.82) is 0 Å². The first kappa shape index (κ1) is 11.5. The number of rotatable bonds is 3. The molecule has 0 radical (unpaired) electrons. The minimum absolute atomic E-state index is 0.242. The summed E-state index contributed by atoms with van der Waals surface area (Å²) in [6.45, 7) is 4.12. The van der Waals surface area contributed by atoms with Crippen LogP contribution in [0.4, 0.5) is 0 Å². The van der Waals surface area contributed by atoms with Gasteiger partial charge in [-0.3, -0.25) is 14.6 Å². The van der Waals surface area contributed by atoms with Gasteiger partial charge in [0.05, 0.1) is 17.7 Å². The van der Waals surface area contributed by atoms with E-state index < -0.39 is 0 Å². The van der Waals surface area contributed by atoms with Gasteiger partial charge in [-0.15, -0.1) is 0 Å². The number of aromatic nitrogens is 1. The largest absolute Gasteiger partial charge is 0.275 e. The molecule has 1 N–H and O–H groups in total. The summed E-state index contributed by atoms with van der Waals surface area (Å²) < 4.78 is 0. The summed E-state index contributed by atoms with van der Waals surface area (Å²) >= 11 is 0. The number of hydrogen-bond donors (Lipinski definition) is 1. The normalized spacial score (nSPS) is 10.5. The highest BCUT2D eigenvalue weighted by Gasteiger charge is 2.11. The zero-order valence-electron chi connectivity index (χ0n) is 9.86. The minimum Gasteiger partial charge on any atom is -0.274 e. The molecule has 2 rings (SSSR count). The molecule has 4 heteroatoms. The molecule has 88 valence electrons. The molecular formula is C13H14N2O2. The Kier molecular flexibility index (Phi) is 3.35. The van der Waals surface area contributed by atoms with Crippen molar-refractivity contribution in [3.8, 4) is 0 Å². The first-order valence-corrected chi connectivity index (χ1v) is 5.51. The number of hydrogen-bond acceptors (Lipinski definition) is 3. The summed E-state index contributed by atoms with van der Waals surface area (Å²) in [6, 6.07) is 9.31. The van der Waals surface area contributed by atoms with Crippen LogP contribution in [-0.4, -0.2) is 17.5 Å². The number of fused-ring (bicyclic) bond motifs is 1. The van der Waals surface area contributed by atoms with Crippen LogP contribution >= 0.6 is 0 Å². The van der Waals surface area contributed by atoms with E-state index in [-0.39, 0.29) is 5.91 Å². The van der Waals surface area contributed by atoms with Gasteiger partial charge in [0, 0.05) is 11.1 Å². The van der Waals surface area contributed by atoms with Crippen LogP contribution in [0.25, 0.3) is 10.9 Å². The summed E-state index contributed by atoms with van der Waals surface area (Å²) in [5, 5.41) is 0.829. The highest BCUT2D eigenvalue weighted by molar-refractivity contribution is 6.05. The molecule has 0 unspecified atom stereocenters. The second-order valence-corrected chi connectivity index (χ2v) is 3.69. The number of para-hydroxylation sites is 1. The average Bonchev–Trinajstić information content (AvgIpc) is 2.34. The fraction of sp³-hybridized carbons (Fsp3) is 0.231. The topological polar surface area (TPSA) is 51.2 Å². The number of pyridine rings is 1. The molecule has 0 spiro atoms. The summed E-state index contributed by atoms with van der Waals surface area (Å²) in [7, 11) is 0. The fourth-order valence-corrected chi connectivity index (χ4v) is 1.69. The van der Waals surface area contributed by atoms with Gasteiger partial charge in [-0.05, 0) is 26.0 Å². The van der Waals surface area contributed by atoms with Crippen molar-refractivity contribution in [3.63, 3.8) is 0 Å². The summed E-state index contributed by atoms with van der Waals surface area (Å²) in [4.78, 5) is 21.2. The van der Waals surface area contributed by atoms with E-state index in [0.717, 1.165) is 16.6 Å². The molecule has 17 heavy (non-hydrogen) atoms. The van der Waals surface area contributed by atoms with Crippen molar-refractivity contribution < 1.29 is 9.63 Å². The van der Waals surface area contributed by atoms with Gasteiger partial charge < -0.3 is 0 Å². The number of carbonyl (C=O) groups excluding carboxylic acids is 1. The van der Waals surface area contributed by atoms with E-state index in [4.69, 9.17) is 4.84 Å². The first-order valence-electron chi connectivity index (χ1n) is 5.51. The molecule has 0 fully saturated rings. The van der Waals surface area contributed by atoms with Crippen molar-refractivity contribution in [1.82, 2.24) is 10.5 Å². The molecule has 0 aliphatic heterocycles. The van der Waals surface area contributed by atoms with E-state index in [2.05, 4.69) is 10.5 Å². The number of nitrogens with one attached hydrogen (secondary N) is 1. The standard InChI is InChI=1S/C13H14N2O2/c1-3-17-15-13(16)11-8-9(2)14-12-7-5-4-6-10(11)12/h4-8H,3H2,1-2H3,(H,15,16). The third-order valence-corrected chi connectivity index (χ3v) is 2.40. The predicted molar refractivity (Wildman–Crippen MR) is 65.6 cm³/mol. The maximum absolute atomic E-state index is 11.9. The van der Waals surface area contributed by atoms with Crippen LogP contribution in [0.5, 0.6) is 0 Å². The van der Waals surface area contributed by atoms with Crippen molar-refractivity contribution in [3.05, 3.63) is 41.6 Å². The molecule has 1 aromatic carbocycles. The van der Waals surface area contributed by atoms with Crippen LogP contribution in [0.2, 0.25) is 0 Å². The summed E-state index contributed by atoms with van der Waals surface area (Å²) in [5.41, 5.74) is 4.61. The number of hydroxylamine groups is 1. The van der Waals surface area contributed by atoms with Crippen LogP contribution < -0.4 is 5.48 Å². The Hall–Kier alpha value is -1.94. The zero-order valence-corrected chi connectivity index (χ0v) is 9.86. The number of carbonyl (C=O) groups is 1. The van der Waals surface area contributed by atoms with E-state index in [1.165, 1.54) is 0 Å². The zero-order chi connectivity index (χ0) is 12.3. The highest BCUT2D eigenvalue weighted by Crippen LogP contribution is 2.17. The lowest BCUT2D eigenvalue weighted by Gasteiger charge is -2.08. The molecule has 0 saturated carbocycles. The van der Waals surface area contributed by atoms with Crippen molar-refractivity contribution in [2.24, 2.45) is 0 Å². The van der Waals surface area contributed by atoms with Gasteiger partial charge in [0.1, 0.15) is 0 Å². The fourth-order valence-electron chi connectivity index (χ4n) is 1.69. The van der Waals surface area contributed by atoms with Crippen molar-refractivity contribution in [2.75, 3.05) is 6.61 Å². The highest BCUT2D eigenvalue weighted by atomic mass is 16.6. The van der Waals surface area contributed by atoms with Gasteiger partial charge in [0.2, 0.25) is 0 Å². The van der Waals surface area contributed by atoms with E-state index in [0.29, 0.717) is 12.2 Å². The molecule has 0 atom stereocenters. The minimum atomic E-state index is -0.242. The SMILES string of the molecule is CCONC(=O)c1cc(C)nc2ccccc12. The Morgan fingerprint density at radius 3 is 2.94 bits per heavy atom. The smallest absolute Gasteiger partial charge is 0.274 e. The lowest BCUT2D eigenvalue weighted by molar-refractivity contribution is 0.0366. The number of benzene rings is 1. The van der Waals surface area contributed by atoms with Crippen LogP contribution in [-0.2, 0) is 4.84 Å². The van der Waals surface area contributed by atoms with Crippen molar-refractivity contribution >= 4 is 16.8 Å². The molecule has 2 aromatic rings. The van der Waals surface area contributed by atoms with Gasteiger partial charge in [-0.2, -0.15) is 0 Å². The Balaban J connectivity index is 2.48. The van der Waals surface area contributed by atoms with Crippen LogP contribution in [0, 0.1) is 6.92 Å². The maximum atomic E-state index is 11.9. The number of nitrogens with zero attached hydrogens (tertiary/aromatic N) is 1. The van der Waals surface area contributed by atoms with Gasteiger partial charge in [0.25, 0.3) is 5.91 Å². The molecule has 0 saturated heterocycles. The molecular weight excluding hydrogens is 216 g/mol. The maximum Gasteiger partial charge on any atom is 0.275 e. The van der Waals surface area contributed by atoms with Crippen LogP contribution in [0.1, 0.15) is 23.0 Å². The summed E-state index contributed by atoms with van der Waals surface area (Å²) in [5.74, 6) is -0.242. The Morgan fingerprint density at radius 1 is 1.41 bits per heavy atom. The van der Waals surface area contributed by atoms with E-state index in [1.807, 2.05) is 38.1 Å². The third-order valence-electron chi connectivity index (χ3n) is 2.40. The second-order valence-electron chi connectivity index (χ2n) is 3.69. The second kappa shape index (κ2) is 4.93.